The minimum atomic E-state index is -3.06. The Labute approximate surface area is 129 Å². The summed E-state index contributed by atoms with van der Waals surface area (Å²) in [5.74, 6) is -1.95. The highest BCUT2D eigenvalue weighted by molar-refractivity contribution is 6.60. The lowest BCUT2D eigenvalue weighted by Gasteiger charge is -2.29. The van der Waals surface area contributed by atoms with E-state index >= 15 is 0 Å². The van der Waals surface area contributed by atoms with Gasteiger partial charge in [-0.05, 0) is 20.8 Å². The monoisotopic (exact) mass is 329 g/mol. The van der Waals surface area contributed by atoms with E-state index in [1.807, 2.05) is 0 Å². The highest BCUT2D eigenvalue weighted by atomic mass is 28.4. The molecule has 0 fully saturated rings. The van der Waals surface area contributed by atoms with Crippen molar-refractivity contribution in [2.45, 2.75) is 39.0 Å². The normalized spacial score (nSPS) is 13.2. The van der Waals surface area contributed by atoms with E-state index in [1.54, 1.807) is 20.8 Å². The van der Waals surface area contributed by atoms with Crippen LogP contribution in [0.2, 0.25) is 6.04 Å². The van der Waals surface area contributed by atoms with E-state index in [0.29, 0.717) is 19.8 Å². The van der Waals surface area contributed by atoms with Crippen LogP contribution in [-0.2, 0) is 27.7 Å². The minimum Gasteiger partial charge on any atom is -0.374 e. The molecule has 0 unspecified atom stereocenters. The van der Waals surface area contributed by atoms with Gasteiger partial charge in [0.2, 0.25) is 18.2 Å². The van der Waals surface area contributed by atoms with Crippen molar-refractivity contribution in [3.05, 3.63) is 0 Å². The van der Waals surface area contributed by atoms with E-state index in [9.17, 15) is 14.4 Å². The highest BCUT2D eigenvalue weighted by Crippen LogP contribution is 2.27. The number of rotatable bonds is 12. The summed E-state index contributed by atoms with van der Waals surface area (Å²) in [5, 5.41) is 0. The zero-order valence-electron chi connectivity index (χ0n) is 12.8. The van der Waals surface area contributed by atoms with Gasteiger partial charge in [-0.25, -0.2) is 14.4 Å². The molecule has 0 radical (unpaired) electrons. The van der Waals surface area contributed by atoms with Crippen LogP contribution in [0.25, 0.3) is 0 Å². The second kappa shape index (κ2) is 10.9. The van der Waals surface area contributed by atoms with Crippen molar-refractivity contribution in [3.8, 4) is 0 Å². The number of isocyanates is 3. The first-order valence-corrected chi connectivity index (χ1v) is 8.69. The molecule has 0 rings (SSSR count). The molecule has 0 aromatic heterocycles. The van der Waals surface area contributed by atoms with E-state index in [-0.39, 0.29) is 12.5 Å². The van der Waals surface area contributed by atoms with Crippen LogP contribution in [0.3, 0.4) is 0 Å². The Balaban J connectivity index is 5.45. The summed E-state index contributed by atoms with van der Waals surface area (Å²) in [6, 6.07) is 0.143. The molecular weight excluding hydrogens is 310 g/mol. The lowest BCUT2D eigenvalue weighted by atomic mass is 10.3. The third kappa shape index (κ3) is 6.34. The average molecular weight is 329 g/mol. The van der Waals surface area contributed by atoms with Crippen molar-refractivity contribution in [2.75, 3.05) is 19.8 Å². The van der Waals surface area contributed by atoms with E-state index in [2.05, 4.69) is 15.0 Å². The molecule has 0 bridgehead atoms. The molecule has 0 N–H and O–H groups in total. The second-order valence-corrected chi connectivity index (χ2v) is 6.60. The Bertz CT molecular complexity index is 419. The summed E-state index contributed by atoms with van der Waals surface area (Å²) < 4.78 is 16.8. The molecule has 0 aliphatic carbocycles. The molecule has 0 aliphatic heterocycles. The predicted molar refractivity (Wildman–Crippen MR) is 77.2 cm³/mol. The van der Waals surface area contributed by atoms with Crippen molar-refractivity contribution in [1.82, 2.24) is 0 Å². The van der Waals surface area contributed by atoms with Crippen LogP contribution in [0, 0.1) is 0 Å². The van der Waals surface area contributed by atoms with Gasteiger partial charge in [-0.3, -0.25) is 0 Å². The summed E-state index contributed by atoms with van der Waals surface area (Å²) in [4.78, 5) is 41.5. The summed E-state index contributed by atoms with van der Waals surface area (Å²) in [6.45, 7) is 6.40. The largest absolute Gasteiger partial charge is 0.501 e. The SMILES string of the molecule is CCO[Si](CCC(N=C=O)(N=C=O)N=C=O)(OCC)OCC. The van der Waals surface area contributed by atoms with Gasteiger partial charge in [-0.2, -0.15) is 15.0 Å². The van der Waals surface area contributed by atoms with Gasteiger partial charge >= 0.3 is 8.80 Å². The minimum absolute atomic E-state index is 0.112. The van der Waals surface area contributed by atoms with Crippen LogP contribution < -0.4 is 0 Å². The van der Waals surface area contributed by atoms with Gasteiger partial charge in [0.05, 0.1) is 0 Å². The lowest BCUT2D eigenvalue weighted by molar-refractivity contribution is 0.0691. The Hall–Kier alpha value is -1.76. The molecule has 22 heavy (non-hydrogen) atoms. The van der Waals surface area contributed by atoms with Crippen molar-refractivity contribution < 1.29 is 27.7 Å². The molecule has 0 aromatic carbocycles. The number of aliphatic imine (C=N–C) groups is 3. The molecular formula is C12H19N3O6Si. The van der Waals surface area contributed by atoms with E-state index in [1.165, 1.54) is 18.2 Å². The maximum atomic E-state index is 10.5. The summed E-state index contributed by atoms with van der Waals surface area (Å²) in [7, 11) is -3.06. The van der Waals surface area contributed by atoms with Gasteiger partial charge in [0.15, 0.2) is 0 Å². The van der Waals surface area contributed by atoms with Crippen molar-refractivity contribution >= 4 is 27.0 Å². The van der Waals surface area contributed by atoms with Gasteiger partial charge in [0.1, 0.15) is 0 Å². The predicted octanol–water partition coefficient (Wildman–Crippen LogP) is 1.09. The van der Waals surface area contributed by atoms with Gasteiger partial charge in [0.25, 0.3) is 5.79 Å². The molecule has 0 aliphatic rings. The molecule has 0 heterocycles. The lowest BCUT2D eigenvalue weighted by Crippen LogP contribution is -2.47. The molecule has 0 saturated carbocycles. The highest BCUT2D eigenvalue weighted by Gasteiger charge is 2.44. The first-order chi connectivity index (χ1) is 10.6. The summed E-state index contributed by atoms with van der Waals surface area (Å²) >= 11 is 0. The smallest absolute Gasteiger partial charge is 0.374 e. The van der Waals surface area contributed by atoms with Gasteiger partial charge in [-0.15, -0.1) is 0 Å². The van der Waals surface area contributed by atoms with Crippen molar-refractivity contribution in [3.63, 3.8) is 0 Å². The second-order valence-electron chi connectivity index (χ2n) is 3.87. The van der Waals surface area contributed by atoms with E-state index in [4.69, 9.17) is 13.3 Å². The van der Waals surface area contributed by atoms with Crippen LogP contribution in [0.4, 0.5) is 0 Å². The molecule has 0 atom stereocenters. The number of hydrogen-bond donors (Lipinski definition) is 0. The molecule has 0 aromatic rings. The fraction of sp³-hybridized carbons (Fsp3) is 0.750. The van der Waals surface area contributed by atoms with Crippen molar-refractivity contribution in [2.24, 2.45) is 15.0 Å². The fourth-order valence-corrected chi connectivity index (χ4v) is 4.43. The van der Waals surface area contributed by atoms with Crippen LogP contribution in [-0.4, -0.2) is 52.7 Å². The Kier molecular flexibility index (Phi) is 10.0. The molecule has 9 nitrogen and oxygen atoms in total. The number of hydrogen-bond acceptors (Lipinski definition) is 9. The Morgan fingerprint density at radius 3 is 1.45 bits per heavy atom. The third-order valence-electron chi connectivity index (χ3n) is 2.53. The fourth-order valence-electron chi connectivity index (χ4n) is 1.78. The quantitative estimate of drug-likeness (QED) is 0.300. The van der Waals surface area contributed by atoms with Gasteiger partial charge in [0, 0.05) is 32.3 Å². The first kappa shape index (κ1) is 20.2. The van der Waals surface area contributed by atoms with Crippen LogP contribution in [0.15, 0.2) is 15.0 Å². The van der Waals surface area contributed by atoms with Crippen LogP contribution >= 0.6 is 0 Å². The Morgan fingerprint density at radius 2 is 1.18 bits per heavy atom. The van der Waals surface area contributed by atoms with Crippen LogP contribution in [0.1, 0.15) is 27.2 Å². The topological polar surface area (TPSA) is 116 Å². The van der Waals surface area contributed by atoms with E-state index in [0.717, 1.165) is 0 Å². The Morgan fingerprint density at radius 1 is 0.818 bits per heavy atom. The average Bonchev–Trinajstić information content (AvgIpc) is 2.47. The van der Waals surface area contributed by atoms with Crippen LogP contribution in [0.5, 0.6) is 0 Å². The maximum Gasteiger partial charge on any atom is 0.501 e. The zero-order chi connectivity index (χ0) is 16.9. The number of carbonyl (C=O) groups excluding carboxylic acids is 3. The van der Waals surface area contributed by atoms with Crippen molar-refractivity contribution in [1.29, 1.82) is 0 Å². The first-order valence-electron chi connectivity index (χ1n) is 6.76. The van der Waals surface area contributed by atoms with E-state index < -0.39 is 14.6 Å². The van der Waals surface area contributed by atoms with Gasteiger partial charge in [-0.1, -0.05) is 0 Å². The molecule has 0 saturated heterocycles. The number of nitrogens with zero attached hydrogens (tertiary/aromatic N) is 3. The molecule has 0 amide bonds. The standard InChI is InChI=1S/C12H19N3O6Si/c1-4-19-22(20-5-2,21-6-3)8-7-12(13-9-16,14-10-17)15-11-18/h4-8H2,1-3H3. The maximum absolute atomic E-state index is 10.5. The molecule has 10 heteroatoms. The van der Waals surface area contributed by atoms with Gasteiger partial charge < -0.3 is 13.3 Å². The summed E-state index contributed by atoms with van der Waals surface area (Å²) in [6.07, 6.45) is 3.59. The zero-order valence-corrected chi connectivity index (χ0v) is 13.8. The molecule has 0 spiro atoms. The third-order valence-corrected chi connectivity index (χ3v) is 5.58. The molecule has 122 valence electrons. The summed E-state index contributed by atoms with van der Waals surface area (Å²) in [5.41, 5.74) is 0.